The van der Waals surface area contributed by atoms with E-state index in [4.69, 9.17) is 37.9 Å². The number of pyridine rings is 1. The molecule has 436 valence electrons. The highest BCUT2D eigenvalue weighted by molar-refractivity contribution is 5.85. The number of hydrogen-bond acceptors (Lipinski definition) is 18. The molecule has 6 rings (SSSR count). The summed E-state index contributed by atoms with van der Waals surface area (Å²) in [6.07, 6.45) is 1.60. The van der Waals surface area contributed by atoms with Gasteiger partial charge in [-0.15, -0.1) is 0 Å². The normalized spacial score (nSPS) is 38.7. The highest BCUT2D eigenvalue weighted by Crippen LogP contribution is 2.46. The second kappa shape index (κ2) is 25.8. The highest BCUT2D eigenvalue weighted by atomic mass is 16.7. The van der Waals surface area contributed by atoms with E-state index in [9.17, 15) is 15.0 Å². The number of ketones is 1. The van der Waals surface area contributed by atoms with Gasteiger partial charge in [-0.1, -0.05) is 27.7 Å². The number of Topliss-reactive ketones (excluding diaryl/α,β-unsaturated/α-hetero) is 1. The Hall–Kier alpha value is -3.67. The Morgan fingerprint density at radius 2 is 1.60 bits per heavy atom. The first-order chi connectivity index (χ1) is 36.2. The molecule has 1 amide bonds. The number of carbonyl (C=O) groups excluding carboxylic acids is 3. The molecule has 0 bridgehead atoms. The number of esters is 1. The summed E-state index contributed by atoms with van der Waals surface area (Å²) >= 11 is 0. The number of carbonyl (C=O) groups is 3. The van der Waals surface area contributed by atoms with E-state index in [1.54, 1.807) is 58.6 Å². The van der Waals surface area contributed by atoms with Crippen LogP contribution < -0.4 is 0 Å². The molecular formula is C57H95N7O13. The number of aliphatic hydroxyl groups excluding tert-OH is 1. The Labute approximate surface area is 458 Å². The largest absolute Gasteiger partial charge is 0.458 e. The van der Waals surface area contributed by atoms with Crippen LogP contribution >= 0.6 is 0 Å². The van der Waals surface area contributed by atoms with Crippen LogP contribution in [0.2, 0.25) is 0 Å². The number of aliphatic hydroxyl groups is 2. The van der Waals surface area contributed by atoms with Crippen molar-refractivity contribution in [1.29, 1.82) is 0 Å². The quantitative estimate of drug-likeness (QED) is 0.131. The molecule has 0 unspecified atom stereocenters. The lowest BCUT2D eigenvalue weighted by Crippen LogP contribution is -2.70. The number of cyclic esters (lactones) is 1. The first-order valence-electron chi connectivity index (χ1n) is 28.0. The Balaban J connectivity index is 1.37. The zero-order valence-electron chi connectivity index (χ0n) is 49.3. The number of aromatic nitrogens is 3. The molecule has 4 aliphatic rings. The van der Waals surface area contributed by atoms with Crippen LogP contribution in [-0.4, -0.2) is 222 Å². The number of methoxy groups -OCH3 is 2. The Morgan fingerprint density at radius 1 is 0.896 bits per heavy atom. The molecule has 4 aliphatic heterocycles. The van der Waals surface area contributed by atoms with Gasteiger partial charge in [0.2, 0.25) is 0 Å². The average molecular weight is 1090 g/mol. The van der Waals surface area contributed by atoms with E-state index in [0.29, 0.717) is 32.4 Å². The zero-order chi connectivity index (χ0) is 56.9. The van der Waals surface area contributed by atoms with Gasteiger partial charge < -0.3 is 72.3 Å². The predicted molar refractivity (Wildman–Crippen MR) is 289 cm³/mol. The third-order valence-corrected chi connectivity index (χ3v) is 17.7. The fraction of sp³-hybridized carbons (Fsp3) is 0.807. The second-order valence-corrected chi connectivity index (χ2v) is 24.0. The van der Waals surface area contributed by atoms with Crippen molar-refractivity contribution in [3.05, 3.63) is 37.1 Å². The van der Waals surface area contributed by atoms with Gasteiger partial charge in [0.15, 0.2) is 18.2 Å². The number of fused-ring (bicyclic) bond motifs is 1. The van der Waals surface area contributed by atoms with Crippen molar-refractivity contribution >= 4 is 17.8 Å². The lowest BCUT2D eigenvalue weighted by atomic mass is 9.73. The van der Waals surface area contributed by atoms with Gasteiger partial charge in [-0.05, 0) is 121 Å². The number of rotatable bonds is 19. The van der Waals surface area contributed by atoms with Crippen LogP contribution in [0, 0.1) is 23.7 Å². The van der Waals surface area contributed by atoms with E-state index in [2.05, 4.69) is 19.8 Å². The first-order valence-corrected chi connectivity index (χ1v) is 28.0. The maximum Gasteiger partial charge on any atom is 0.410 e. The van der Waals surface area contributed by atoms with E-state index >= 15 is 9.59 Å². The van der Waals surface area contributed by atoms with Crippen molar-refractivity contribution in [1.82, 2.24) is 34.1 Å². The van der Waals surface area contributed by atoms with E-state index in [1.807, 2.05) is 112 Å². The molecule has 0 aromatic carbocycles. The standard InChI is InChI=1S/C57H95N7O13/c1-18-44-56(10)49(64(53(68)77-56)25-20-19-24-63-32-42(59-34-63)41-22-21-23-58-31-41)37(4)46(65)35(2)29-54(8,70-16)50(76-52-47(66)43(61(13)14)28-36(3)72-52)38(5)48(39(6)51(67)74-44)75-45-30-55(9,71-17)57(69,40(7)73-45)33-62(15)27-26-60(11)12/h21-23,31-32,34-40,43-45,47-50,52,66,69H,18-20,24-30,33H2,1-17H3/t35-,36-,37+,38+,39-,40+,43+,44-,45+,47-,48+,49-,50-,52+,54+,55-,56-,57-/m1/s1. The van der Waals surface area contributed by atoms with Gasteiger partial charge in [0, 0.05) is 101 Å². The average Bonchev–Trinajstić information content (AvgIpc) is 3.97. The van der Waals surface area contributed by atoms with Crippen molar-refractivity contribution < 1.29 is 62.5 Å². The number of unbranched alkanes of at least 4 members (excludes halogenated alkanes) is 1. The van der Waals surface area contributed by atoms with E-state index < -0.39 is 107 Å². The fourth-order valence-corrected chi connectivity index (χ4v) is 12.8. The first kappa shape index (κ1) is 62.5. The molecule has 6 heterocycles. The molecule has 20 nitrogen and oxygen atoms in total. The number of hydrogen-bond donors (Lipinski definition) is 2. The Kier molecular flexibility index (Phi) is 21.0. The van der Waals surface area contributed by atoms with E-state index in [0.717, 1.165) is 17.8 Å². The van der Waals surface area contributed by atoms with Crippen LogP contribution in [-0.2, 0) is 54.0 Å². The van der Waals surface area contributed by atoms with Crippen LogP contribution in [0.3, 0.4) is 0 Å². The van der Waals surface area contributed by atoms with Gasteiger partial charge in [-0.25, -0.2) is 9.78 Å². The fourth-order valence-electron chi connectivity index (χ4n) is 12.8. The summed E-state index contributed by atoms with van der Waals surface area (Å²) in [6.45, 7) is 21.1. The van der Waals surface area contributed by atoms with E-state index in [1.165, 1.54) is 0 Å². The number of imidazole rings is 1. The monoisotopic (exact) mass is 1090 g/mol. The molecule has 0 aliphatic carbocycles. The molecule has 2 N–H and O–H groups in total. The number of nitrogens with zero attached hydrogens (tertiary/aromatic N) is 7. The third kappa shape index (κ3) is 13.6. The van der Waals surface area contributed by atoms with Crippen molar-refractivity contribution in [2.75, 3.05) is 75.6 Å². The maximum absolute atomic E-state index is 15.3. The van der Waals surface area contributed by atoms with Gasteiger partial charge in [0.25, 0.3) is 0 Å². The number of amides is 1. The summed E-state index contributed by atoms with van der Waals surface area (Å²) in [5.41, 5.74) is -3.67. The summed E-state index contributed by atoms with van der Waals surface area (Å²) < 4.78 is 55.1. The maximum atomic E-state index is 15.3. The molecule has 2 aromatic heterocycles. The van der Waals surface area contributed by atoms with Crippen LogP contribution in [0.5, 0.6) is 0 Å². The molecule has 4 fully saturated rings. The molecule has 0 saturated carbocycles. The number of aryl methyl sites for hydroxylation is 1. The summed E-state index contributed by atoms with van der Waals surface area (Å²) in [6, 6.07) is 2.69. The van der Waals surface area contributed by atoms with Crippen molar-refractivity contribution in [2.24, 2.45) is 23.7 Å². The molecule has 20 heteroatoms. The summed E-state index contributed by atoms with van der Waals surface area (Å²) in [5.74, 6) is -4.01. The molecule has 4 saturated heterocycles. The predicted octanol–water partition coefficient (Wildman–Crippen LogP) is 5.51. The summed E-state index contributed by atoms with van der Waals surface area (Å²) in [5, 5.41) is 24.5. The SMILES string of the molecule is CC[C@H]1OC(=O)[C@H](C)[C@@H](O[C@H]2C[C@@](C)(OC)[C@@](O)(CN(C)CCN(C)C)[C@H](C)O2)[C@H](C)[C@@H](O[C@@H]2O[C@H](C)C[C@H](N(C)C)[C@H]2O)[C@@](C)(OC)C[C@@H](C)C(=O)[C@H](C)[C@H]2N(CCCCn3cnc(-c4cccnc4)c3)C(=O)O[C@]12C. The smallest absolute Gasteiger partial charge is 0.410 e. The Bertz CT molecular complexity index is 2240. The van der Waals surface area contributed by atoms with Gasteiger partial charge in [0.1, 0.15) is 29.2 Å². The molecular weight excluding hydrogens is 991 g/mol. The minimum atomic E-state index is -1.48. The van der Waals surface area contributed by atoms with Crippen LogP contribution in [0.15, 0.2) is 37.1 Å². The molecule has 0 spiro atoms. The van der Waals surface area contributed by atoms with Crippen molar-refractivity contribution in [2.45, 2.75) is 198 Å². The number of ether oxygens (including phenoxy) is 8. The van der Waals surface area contributed by atoms with Gasteiger partial charge in [0.05, 0.1) is 54.0 Å². The van der Waals surface area contributed by atoms with Crippen molar-refractivity contribution in [3.63, 3.8) is 0 Å². The zero-order valence-corrected chi connectivity index (χ0v) is 49.3. The topological polar surface area (TPSA) is 209 Å². The lowest BCUT2D eigenvalue weighted by molar-refractivity contribution is -0.339. The number of likely N-dealkylation sites (N-methyl/N-ethyl adjacent to an activating group) is 3. The van der Waals surface area contributed by atoms with Crippen LogP contribution in [0.25, 0.3) is 11.3 Å². The molecule has 18 atom stereocenters. The van der Waals surface area contributed by atoms with Gasteiger partial charge in [-0.2, -0.15) is 0 Å². The molecule has 77 heavy (non-hydrogen) atoms. The highest BCUT2D eigenvalue weighted by Gasteiger charge is 2.62. The Morgan fingerprint density at radius 3 is 2.22 bits per heavy atom. The molecule has 2 aromatic rings. The van der Waals surface area contributed by atoms with Gasteiger partial charge >= 0.3 is 12.1 Å². The summed E-state index contributed by atoms with van der Waals surface area (Å²) in [4.78, 5) is 61.3. The second-order valence-electron chi connectivity index (χ2n) is 24.0. The van der Waals surface area contributed by atoms with Crippen molar-refractivity contribution in [3.8, 4) is 11.3 Å². The molecule has 0 radical (unpaired) electrons. The van der Waals surface area contributed by atoms with Gasteiger partial charge in [-0.3, -0.25) is 14.6 Å². The minimum absolute atomic E-state index is 0.0811. The minimum Gasteiger partial charge on any atom is -0.458 e. The third-order valence-electron chi connectivity index (χ3n) is 17.7. The summed E-state index contributed by atoms with van der Waals surface area (Å²) in [7, 11) is 12.9. The van der Waals surface area contributed by atoms with Crippen LogP contribution in [0.4, 0.5) is 4.79 Å². The van der Waals surface area contributed by atoms with E-state index in [-0.39, 0.29) is 50.3 Å². The van der Waals surface area contributed by atoms with Crippen LogP contribution in [0.1, 0.15) is 108 Å². The lowest BCUT2D eigenvalue weighted by Gasteiger charge is -2.54.